The summed E-state index contributed by atoms with van der Waals surface area (Å²) in [5.74, 6) is 1.26. The number of phenolic OH excluding ortho intramolecular Hbond substituents is 1. The molecule has 0 amide bonds. The normalized spacial score (nSPS) is 19.8. The van der Waals surface area contributed by atoms with Gasteiger partial charge in [0.25, 0.3) is 0 Å². The number of allylic oxidation sites excluding steroid dienone is 6. The third-order valence-electron chi connectivity index (χ3n) is 5.61. The summed E-state index contributed by atoms with van der Waals surface area (Å²) in [6.07, 6.45) is 15.8. The molecule has 2 nitrogen and oxygen atoms in total. The summed E-state index contributed by atoms with van der Waals surface area (Å²) in [6, 6.07) is 5.44. The molecule has 28 heavy (non-hydrogen) atoms. The molecule has 1 aliphatic heterocycles. The summed E-state index contributed by atoms with van der Waals surface area (Å²) in [5, 5.41) is 9.62. The highest BCUT2D eigenvalue weighted by atomic mass is 16.5. The number of rotatable bonds is 9. The van der Waals surface area contributed by atoms with E-state index in [4.69, 9.17) is 4.74 Å². The number of benzene rings is 1. The molecule has 154 valence electrons. The van der Waals surface area contributed by atoms with E-state index in [9.17, 15) is 5.11 Å². The summed E-state index contributed by atoms with van der Waals surface area (Å²) in [4.78, 5) is 0. The maximum absolute atomic E-state index is 9.62. The zero-order valence-electron chi connectivity index (χ0n) is 18.5. The Labute approximate surface area is 172 Å². The Kier molecular flexibility index (Phi) is 8.41. The van der Waals surface area contributed by atoms with Crippen LogP contribution in [0.15, 0.2) is 53.1 Å². The standard InChI is InChI=1S/C26H38O2/c1-20(2)9-6-10-21(3)11-7-12-22(4)13-8-17-26(5)18-16-23-19-24(27)14-15-25(23)28-26/h9,11,13-15,19,27H,6-8,10,12,16-18H2,1-5H3/t26-/m0/s1. The van der Waals surface area contributed by atoms with E-state index < -0.39 is 0 Å². The molecule has 0 unspecified atom stereocenters. The summed E-state index contributed by atoms with van der Waals surface area (Å²) < 4.78 is 6.27. The molecular formula is C26H38O2. The number of ether oxygens (including phenoxy) is 1. The Balaban J connectivity index is 1.74. The zero-order chi connectivity index (χ0) is 20.6. The molecule has 1 heterocycles. The third kappa shape index (κ3) is 7.58. The van der Waals surface area contributed by atoms with Crippen LogP contribution in [0.2, 0.25) is 0 Å². The number of aromatic hydroxyl groups is 1. The fourth-order valence-corrected chi connectivity index (χ4v) is 3.72. The summed E-state index contributed by atoms with van der Waals surface area (Å²) in [6.45, 7) is 11.0. The minimum absolute atomic E-state index is 0.109. The average Bonchev–Trinajstić information content (AvgIpc) is 2.61. The highest BCUT2D eigenvalue weighted by Crippen LogP contribution is 2.37. The molecule has 1 aromatic rings. The lowest BCUT2D eigenvalue weighted by atomic mass is 9.88. The monoisotopic (exact) mass is 382 g/mol. The summed E-state index contributed by atoms with van der Waals surface area (Å²) >= 11 is 0. The minimum Gasteiger partial charge on any atom is -0.508 e. The van der Waals surface area contributed by atoms with Crippen molar-refractivity contribution in [2.24, 2.45) is 0 Å². The van der Waals surface area contributed by atoms with Crippen molar-refractivity contribution in [1.29, 1.82) is 0 Å². The molecule has 1 N–H and O–H groups in total. The van der Waals surface area contributed by atoms with Gasteiger partial charge in [-0.25, -0.2) is 0 Å². The fraction of sp³-hybridized carbons (Fsp3) is 0.538. The second-order valence-electron chi connectivity index (χ2n) is 8.84. The largest absolute Gasteiger partial charge is 0.508 e. The van der Waals surface area contributed by atoms with Crippen LogP contribution in [-0.2, 0) is 6.42 Å². The molecule has 1 atom stereocenters. The lowest BCUT2D eigenvalue weighted by Crippen LogP contribution is -2.36. The molecule has 0 radical (unpaired) electrons. The molecule has 2 heteroatoms. The van der Waals surface area contributed by atoms with Gasteiger partial charge in [0.2, 0.25) is 0 Å². The topological polar surface area (TPSA) is 29.5 Å². The Bertz CT molecular complexity index is 735. The maximum Gasteiger partial charge on any atom is 0.123 e. The van der Waals surface area contributed by atoms with E-state index in [0.717, 1.165) is 56.3 Å². The van der Waals surface area contributed by atoms with Crippen molar-refractivity contribution < 1.29 is 9.84 Å². The minimum atomic E-state index is -0.109. The highest BCUT2D eigenvalue weighted by Gasteiger charge is 2.30. The molecule has 0 saturated carbocycles. The van der Waals surface area contributed by atoms with Gasteiger partial charge in [0.15, 0.2) is 0 Å². The molecule has 0 bridgehead atoms. The molecule has 0 spiro atoms. The summed E-state index contributed by atoms with van der Waals surface area (Å²) in [5.41, 5.74) is 5.39. The first-order valence-corrected chi connectivity index (χ1v) is 10.7. The van der Waals surface area contributed by atoms with Crippen LogP contribution in [0.1, 0.15) is 85.1 Å². The number of fused-ring (bicyclic) bond motifs is 1. The second kappa shape index (κ2) is 10.5. The number of phenols is 1. The molecular weight excluding hydrogens is 344 g/mol. The fourth-order valence-electron chi connectivity index (χ4n) is 3.72. The average molecular weight is 383 g/mol. The number of hydrogen-bond donors (Lipinski definition) is 1. The van der Waals surface area contributed by atoms with Crippen LogP contribution in [0.4, 0.5) is 0 Å². The van der Waals surface area contributed by atoms with E-state index >= 15 is 0 Å². The van der Waals surface area contributed by atoms with Crippen molar-refractivity contribution in [3.05, 3.63) is 58.7 Å². The number of hydrogen-bond acceptors (Lipinski definition) is 2. The van der Waals surface area contributed by atoms with Crippen molar-refractivity contribution >= 4 is 0 Å². The Morgan fingerprint density at radius 1 is 1.00 bits per heavy atom. The molecule has 0 fully saturated rings. The van der Waals surface area contributed by atoms with Gasteiger partial charge in [-0.1, -0.05) is 34.9 Å². The van der Waals surface area contributed by atoms with Crippen molar-refractivity contribution in [2.75, 3.05) is 0 Å². The molecule has 0 aliphatic carbocycles. The SMILES string of the molecule is CC(C)=CCCC(C)=CCCC(C)=CCC[C@@]1(C)CCc2cc(O)ccc2O1. The molecule has 0 aromatic heterocycles. The van der Waals surface area contributed by atoms with E-state index in [-0.39, 0.29) is 5.60 Å². The van der Waals surface area contributed by atoms with Crippen LogP contribution < -0.4 is 4.74 Å². The number of aryl methyl sites for hydroxylation is 1. The van der Waals surface area contributed by atoms with Gasteiger partial charge in [0, 0.05) is 0 Å². The van der Waals surface area contributed by atoms with Crippen molar-refractivity contribution in [3.8, 4) is 11.5 Å². The van der Waals surface area contributed by atoms with Crippen LogP contribution >= 0.6 is 0 Å². The van der Waals surface area contributed by atoms with Crippen molar-refractivity contribution in [2.45, 2.75) is 91.6 Å². The Hall–Kier alpha value is -1.96. The first-order valence-electron chi connectivity index (χ1n) is 10.7. The lowest BCUT2D eigenvalue weighted by molar-refractivity contribution is 0.0570. The van der Waals surface area contributed by atoms with Crippen LogP contribution in [0.3, 0.4) is 0 Å². The van der Waals surface area contributed by atoms with Crippen LogP contribution in [-0.4, -0.2) is 10.7 Å². The Morgan fingerprint density at radius 2 is 1.64 bits per heavy atom. The maximum atomic E-state index is 9.62. The molecule has 1 aliphatic rings. The highest BCUT2D eigenvalue weighted by molar-refractivity contribution is 5.41. The molecule has 1 aromatic carbocycles. The van der Waals surface area contributed by atoms with E-state index in [0.29, 0.717) is 5.75 Å². The quantitative estimate of drug-likeness (QED) is 0.444. The van der Waals surface area contributed by atoms with Gasteiger partial charge < -0.3 is 9.84 Å². The molecule has 2 rings (SSSR count). The molecule has 0 saturated heterocycles. The van der Waals surface area contributed by atoms with E-state index in [1.165, 1.54) is 23.1 Å². The van der Waals surface area contributed by atoms with Crippen LogP contribution in [0, 0.1) is 0 Å². The van der Waals surface area contributed by atoms with Crippen LogP contribution in [0.5, 0.6) is 11.5 Å². The van der Waals surface area contributed by atoms with Gasteiger partial charge in [-0.3, -0.25) is 0 Å². The van der Waals surface area contributed by atoms with E-state index in [2.05, 4.69) is 52.8 Å². The Morgan fingerprint density at radius 3 is 2.32 bits per heavy atom. The van der Waals surface area contributed by atoms with Crippen molar-refractivity contribution in [1.82, 2.24) is 0 Å². The predicted octanol–water partition coefficient (Wildman–Crippen LogP) is 7.68. The van der Waals surface area contributed by atoms with Gasteiger partial charge in [-0.15, -0.1) is 0 Å². The van der Waals surface area contributed by atoms with Crippen molar-refractivity contribution in [3.63, 3.8) is 0 Å². The third-order valence-corrected chi connectivity index (χ3v) is 5.61. The predicted molar refractivity (Wildman–Crippen MR) is 120 cm³/mol. The van der Waals surface area contributed by atoms with Gasteiger partial charge in [-0.05, 0) is 110 Å². The first kappa shape index (κ1) is 22.3. The van der Waals surface area contributed by atoms with E-state index in [1.807, 2.05) is 12.1 Å². The van der Waals surface area contributed by atoms with Gasteiger partial charge >= 0.3 is 0 Å². The van der Waals surface area contributed by atoms with Crippen LogP contribution in [0.25, 0.3) is 0 Å². The van der Waals surface area contributed by atoms with Gasteiger partial charge in [0.05, 0.1) is 0 Å². The van der Waals surface area contributed by atoms with E-state index in [1.54, 1.807) is 6.07 Å². The smallest absolute Gasteiger partial charge is 0.123 e. The van der Waals surface area contributed by atoms with Gasteiger partial charge in [-0.2, -0.15) is 0 Å². The second-order valence-corrected chi connectivity index (χ2v) is 8.84. The first-order chi connectivity index (χ1) is 13.3. The summed E-state index contributed by atoms with van der Waals surface area (Å²) in [7, 11) is 0. The van der Waals surface area contributed by atoms with Gasteiger partial charge in [0.1, 0.15) is 17.1 Å². The lowest BCUT2D eigenvalue weighted by Gasteiger charge is -2.35. The zero-order valence-corrected chi connectivity index (χ0v) is 18.5.